The molecule has 2 aliphatic rings. The first-order valence-electron chi connectivity index (χ1n) is 6.10. The molecule has 1 amide bonds. The highest BCUT2D eigenvalue weighted by Crippen LogP contribution is 2.28. The predicted molar refractivity (Wildman–Crippen MR) is 69.9 cm³/mol. The third-order valence-corrected chi connectivity index (χ3v) is 4.33. The Bertz CT molecular complexity index is 482. The van der Waals surface area contributed by atoms with Gasteiger partial charge in [-0.2, -0.15) is 0 Å². The molecule has 2 heterocycles. The van der Waals surface area contributed by atoms with Crippen molar-refractivity contribution in [2.45, 2.75) is 0 Å². The zero-order valence-electron chi connectivity index (χ0n) is 9.83. The molecule has 2 aliphatic heterocycles. The van der Waals surface area contributed by atoms with Crippen molar-refractivity contribution >= 4 is 21.8 Å². The van der Waals surface area contributed by atoms with Crippen molar-refractivity contribution in [1.29, 1.82) is 0 Å². The van der Waals surface area contributed by atoms with Crippen LogP contribution in [0.4, 0.5) is 4.39 Å². The van der Waals surface area contributed by atoms with E-state index in [4.69, 9.17) is 0 Å². The number of likely N-dealkylation sites (tertiary alicyclic amines) is 1. The highest BCUT2D eigenvalue weighted by Gasteiger charge is 2.38. The van der Waals surface area contributed by atoms with E-state index in [1.54, 1.807) is 17.0 Å². The van der Waals surface area contributed by atoms with E-state index in [0.717, 1.165) is 26.2 Å². The van der Waals surface area contributed by atoms with Crippen LogP contribution < -0.4 is 5.32 Å². The predicted octanol–water partition coefficient (Wildman–Crippen LogP) is 1.88. The normalized spacial score (nSPS) is 26.4. The molecule has 18 heavy (non-hydrogen) atoms. The summed E-state index contributed by atoms with van der Waals surface area (Å²) in [5, 5.41) is 3.32. The van der Waals surface area contributed by atoms with Crippen LogP contribution in [0.3, 0.4) is 0 Å². The van der Waals surface area contributed by atoms with E-state index in [-0.39, 0.29) is 11.5 Å². The molecule has 2 saturated heterocycles. The Balaban J connectivity index is 1.79. The largest absolute Gasteiger partial charge is 0.338 e. The lowest BCUT2D eigenvalue weighted by Crippen LogP contribution is -2.32. The highest BCUT2D eigenvalue weighted by molar-refractivity contribution is 9.10. The van der Waals surface area contributed by atoms with Crippen molar-refractivity contribution < 1.29 is 9.18 Å². The van der Waals surface area contributed by atoms with Gasteiger partial charge in [0.25, 0.3) is 5.91 Å². The van der Waals surface area contributed by atoms with Crippen molar-refractivity contribution in [1.82, 2.24) is 10.2 Å². The molecule has 2 fully saturated rings. The van der Waals surface area contributed by atoms with Gasteiger partial charge in [-0.25, -0.2) is 4.39 Å². The number of benzene rings is 1. The molecule has 1 aromatic carbocycles. The summed E-state index contributed by atoms with van der Waals surface area (Å²) in [6.45, 7) is 3.42. The van der Waals surface area contributed by atoms with Crippen molar-refractivity contribution in [3.05, 3.63) is 34.1 Å². The van der Waals surface area contributed by atoms with E-state index in [1.165, 1.54) is 6.07 Å². The van der Waals surface area contributed by atoms with Crippen LogP contribution >= 0.6 is 15.9 Å². The second-order valence-corrected chi connectivity index (χ2v) is 5.93. The van der Waals surface area contributed by atoms with Gasteiger partial charge in [0.05, 0.1) is 5.56 Å². The van der Waals surface area contributed by atoms with E-state index >= 15 is 0 Å². The van der Waals surface area contributed by atoms with Crippen molar-refractivity contribution in [3.8, 4) is 0 Å². The highest BCUT2D eigenvalue weighted by atomic mass is 79.9. The number of hydrogen-bond acceptors (Lipinski definition) is 2. The minimum absolute atomic E-state index is 0.172. The number of nitrogens with zero attached hydrogens (tertiary/aromatic N) is 1. The molecule has 1 N–H and O–H groups in total. The molecule has 96 valence electrons. The molecular weight excluding hydrogens is 299 g/mol. The number of carbonyl (C=O) groups is 1. The molecule has 0 spiro atoms. The van der Waals surface area contributed by atoms with Gasteiger partial charge < -0.3 is 10.2 Å². The van der Waals surface area contributed by atoms with Gasteiger partial charge in [-0.1, -0.05) is 15.9 Å². The van der Waals surface area contributed by atoms with E-state index in [9.17, 15) is 9.18 Å². The summed E-state index contributed by atoms with van der Waals surface area (Å²) < 4.78 is 14.4. The third-order valence-electron chi connectivity index (χ3n) is 3.84. The number of carbonyl (C=O) groups excluding carboxylic acids is 1. The molecule has 0 radical (unpaired) electrons. The lowest BCUT2D eigenvalue weighted by atomic mass is 10.0. The summed E-state index contributed by atoms with van der Waals surface area (Å²) in [5.41, 5.74) is 0.172. The molecule has 0 saturated carbocycles. The zero-order chi connectivity index (χ0) is 12.7. The van der Waals surface area contributed by atoms with Crippen LogP contribution in [-0.2, 0) is 0 Å². The standard InChI is InChI=1S/C13H14BrFN2O/c14-10-1-2-11(12(15)3-10)13(18)17-6-8-4-16-5-9(8)7-17/h1-3,8-9,16H,4-7H2. The SMILES string of the molecule is O=C(c1ccc(Br)cc1F)N1CC2CNCC2C1. The number of fused-ring (bicyclic) bond motifs is 1. The number of amides is 1. The van der Waals surface area contributed by atoms with E-state index in [2.05, 4.69) is 21.2 Å². The molecule has 2 unspecified atom stereocenters. The second-order valence-electron chi connectivity index (χ2n) is 5.01. The van der Waals surface area contributed by atoms with Crippen molar-refractivity contribution in [3.63, 3.8) is 0 Å². The Kier molecular flexibility index (Phi) is 3.11. The Morgan fingerprint density at radius 2 is 2.00 bits per heavy atom. The molecule has 0 aliphatic carbocycles. The lowest BCUT2D eigenvalue weighted by molar-refractivity contribution is 0.0777. The monoisotopic (exact) mass is 312 g/mol. The maximum atomic E-state index is 13.8. The fourth-order valence-electron chi connectivity index (χ4n) is 2.85. The summed E-state index contributed by atoms with van der Waals surface area (Å²) >= 11 is 3.20. The van der Waals surface area contributed by atoms with Gasteiger partial charge in [0.15, 0.2) is 0 Å². The number of nitrogens with one attached hydrogen (secondary N) is 1. The number of hydrogen-bond donors (Lipinski definition) is 1. The van der Waals surface area contributed by atoms with Crippen molar-refractivity contribution in [2.75, 3.05) is 26.2 Å². The van der Waals surface area contributed by atoms with Gasteiger partial charge in [-0.05, 0) is 30.0 Å². The summed E-state index contributed by atoms with van der Waals surface area (Å²) in [4.78, 5) is 14.0. The topological polar surface area (TPSA) is 32.3 Å². The van der Waals surface area contributed by atoms with E-state index in [1.807, 2.05) is 0 Å². The number of rotatable bonds is 1. The Morgan fingerprint density at radius 1 is 1.33 bits per heavy atom. The molecule has 0 aromatic heterocycles. The molecule has 3 nitrogen and oxygen atoms in total. The third kappa shape index (κ3) is 2.06. The lowest BCUT2D eigenvalue weighted by Gasteiger charge is -2.17. The maximum Gasteiger partial charge on any atom is 0.256 e. The molecule has 0 bridgehead atoms. The van der Waals surface area contributed by atoms with Gasteiger partial charge in [-0.15, -0.1) is 0 Å². The average Bonchev–Trinajstić information content (AvgIpc) is 2.87. The molecule has 3 rings (SSSR count). The second kappa shape index (κ2) is 4.63. The minimum atomic E-state index is -0.454. The Hall–Kier alpha value is -0.940. The summed E-state index contributed by atoms with van der Waals surface area (Å²) in [6, 6.07) is 4.59. The minimum Gasteiger partial charge on any atom is -0.338 e. The van der Waals surface area contributed by atoms with Crippen LogP contribution in [0.15, 0.2) is 22.7 Å². The van der Waals surface area contributed by atoms with Gasteiger partial charge in [0.2, 0.25) is 0 Å². The van der Waals surface area contributed by atoms with Crippen molar-refractivity contribution in [2.24, 2.45) is 11.8 Å². The summed E-state index contributed by atoms with van der Waals surface area (Å²) in [6.07, 6.45) is 0. The Morgan fingerprint density at radius 3 is 2.61 bits per heavy atom. The van der Waals surface area contributed by atoms with Crippen LogP contribution in [-0.4, -0.2) is 37.0 Å². The fourth-order valence-corrected chi connectivity index (χ4v) is 3.19. The van der Waals surface area contributed by atoms with Crippen LogP contribution in [0.25, 0.3) is 0 Å². The zero-order valence-corrected chi connectivity index (χ0v) is 11.4. The molecule has 2 atom stereocenters. The Labute approximate surface area is 113 Å². The maximum absolute atomic E-state index is 13.8. The van der Waals surface area contributed by atoms with Crippen LogP contribution in [0.5, 0.6) is 0 Å². The molecular formula is C13H14BrFN2O. The number of halogens is 2. The first-order chi connectivity index (χ1) is 8.65. The summed E-state index contributed by atoms with van der Waals surface area (Å²) in [7, 11) is 0. The first kappa shape index (κ1) is 12.1. The van der Waals surface area contributed by atoms with Crippen LogP contribution in [0.1, 0.15) is 10.4 Å². The summed E-state index contributed by atoms with van der Waals surface area (Å²) in [5.74, 6) is 0.430. The van der Waals surface area contributed by atoms with Crippen LogP contribution in [0.2, 0.25) is 0 Å². The van der Waals surface area contributed by atoms with Gasteiger partial charge in [0.1, 0.15) is 5.82 Å². The van der Waals surface area contributed by atoms with Gasteiger partial charge >= 0.3 is 0 Å². The van der Waals surface area contributed by atoms with Gasteiger partial charge in [0, 0.05) is 30.7 Å². The quantitative estimate of drug-likeness (QED) is 0.859. The average molecular weight is 313 g/mol. The van der Waals surface area contributed by atoms with Gasteiger partial charge in [-0.3, -0.25) is 4.79 Å². The smallest absolute Gasteiger partial charge is 0.256 e. The molecule has 1 aromatic rings. The molecule has 5 heteroatoms. The van der Waals surface area contributed by atoms with E-state index < -0.39 is 5.82 Å². The van der Waals surface area contributed by atoms with Crippen LogP contribution in [0, 0.1) is 17.7 Å². The fraction of sp³-hybridized carbons (Fsp3) is 0.462. The first-order valence-corrected chi connectivity index (χ1v) is 6.89. The van der Waals surface area contributed by atoms with E-state index in [0.29, 0.717) is 16.3 Å².